The third-order valence-electron chi connectivity index (χ3n) is 4.41. The number of carbonyl (C=O) groups is 1. The highest BCUT2D eigenvalue weighted by Gasteiger charge is 2.21. The Hall–Kier alpha value is -2.61. The van der Waals surface area contributed by atoms with Crippen molar-refractivity contribution in [2.24, 2.45) is 0 Å². The molecule has 0 saturated carbocycles. The number of aromatic nitrogens is 3. The van der Waals surface area contributed by atoms with Crippen molar-refractivity contribution in [3.63, 3.8) is 0 Å². The minimum Gasteiger partial charge on any atom is -0.478 e. The van der Waals surface area contributed by atoms with Gasteiger partial charge >= 0.3 is 5.97 Å². The van der Waals surface area contributed by atoms with E-state index in [4.69, 9.17) is 0 Å². The smallest absolute Gasteiger partial charge is 0.338 e. The molecular weight excluding hydrogens is 379 g/mol. The van der Waals surface area contributed by atoms with E-state index < -0.39 is 5.97 Å². The quantitative estimate of drug-likeness (QED) is 0.615. The van der Waals surface area contributed by atoms with Crippen molar-refractivity contribution in [3.8, 4) is 0 Å². The maximum Gasteiger partial charge on any atom is 0.338 e. The van der Waals surface area contributed by atoms with E-state index in [1.54, 1.807) is 40.8 Å². The Kier molecular flexibility index (Phi) is 7.25. The molecule has 6 nitrogen and oxygen atoms in total. The summed E-state index contributed by atoms with van der Waals surface area (Å²) in [6, 6.07) is 6.52. The lowest BCUT2D eigenvalue weighted by Crippen LogP contribution is -2.29. The average molecular weight is 402 g/mol. The van der Waals surface area contributed by atoms with Crippen LogP contribution in [0.15, 0.2) is 59.4 Å². The number of halogens is 1. The van der Waals surface area contributed by atoms with Gasteiger partial charge in [0.05, 0.1) is 16.8 Å². The molecule has 1 aliphatic heterocycles. The molecule has 2 aromatic rings. The second-order valence-corrected chi connectivity index (χ2v) is 7.55. The van der Waals surface area contributed by atoms with Gasteiger partial charge in [-0.15, -0.1) is 16.9 Å². The molecule has 0 amide bonds. The fraction of sp³-hybridized carbons (Fsp3) is 0.350. The molecular formula is C20H23FN4O2S. The monoisotopic (exact) mass is 402 g/mol. The first-order chi connectivity index (χ1) is 13.6. The number of aliphatic carboxylic acids is 1. The van der Waals surface area contributed by atoms with Gasteiger partial charge in [-0.25, -0.2) is 9.18 Å². The molecule has 1 N–H and O–H groups in total. The van der Waals surface area contributed by atoms with E-state index in [0.717, 1.165) is 48.7 Å². The number of benzene rings is 1. The van der Waals surface area contributed by atoms with Gasteiger partial charge < -0.3 is 10.0 Å². The normalized spacial score (nSPS) is 14.0. The summed E-state index contributed by atoms with van der Waals surface area (Å²) in [6.45, 7) is 2.20. The van der Waals surface area contributed by atoms with E-state index in [0.29, 0.717) is 12.1 Å². The van der Waals surface area contributed by atoms with Crippen LogP contribution in [0.25, 0.3) is 0 Å². The zero-order valence-corrected chi connectivity index (χ0v) is 16.3. The summed E-state index contributed by atoms with van der Waals surface area (Å²) in [6.07, 6.45) is 9.63. The van der Waals surface area contributed by atoms with Crippen LogP contribution in [0.3, 0.4) is 0 Å². The van der Waals surface area contributed by atoms with Crippen molar-refractivity contribution < 1.29 is 14.3 Å². The van der Waals surface area contributed by atoms with Gasteiger partial charge in [0, 0.05) is 25.8 Å². The maximum absolute atomic E-state index is 13.0. The number of carboxylic acid groups (broad SMARTS) is 1. The van der Waals surface area contributed by atoms with E-state index in [1.165, 1.54) is 12.1 Å². The van der Waals surface area contributed by atoms with E-state index in [1.807, 2.05) is 12.3 Å². The van der Waals surface area contributed by atoms with Gasteiger partial charge in [-0.3, -0.25) is 4.68 Å². The second-order valence-electron chi connectivity index (χ2n) is 6.47. The molecule has 0 saturated heterocycles. The largest absolute Gasteiger partial charge is 0.478 e. The van der Waals surface area contributed by atoms with Crippen LogP contribution in [0.5, 0.6) is 0 Å². The molecule has 3 rings (SSSR count). The van der Waals surface area contributed by atoms with Crippen LogP contribution in [-0.2, 0) is 17.8 Å². The summed E-state index contributed by atoms with van der Waals surface area (Å²) < 4.78 is 14.8. The van der Waals surface area contributed by atoms with Crippen molar-refractivity contribution in [3.05, 3.63) is 70.8 Å². The molecule has 1 aromatic heterocycles. The standard InChI is InChI=1S/C20H23FN4O2S/c21-17-8-6-16(7-9-17)4-2-15-28-19-18(20(26)27)5-1-11-24(19)12-3-13-25-14-10-22-23-25/h1,5-10,14H,2-4,11-13,15H2,(H,26,27). The minimum absolute atomic E-state index is 0.232. The Morgan fingerprint density at radius 3 is 2.75 bits per heavy atom. The van der Waals surface area contributed by atoms with E-state index in [-0.39, 0.29) is 5.82 Å². The predicted molar refractivity (Wildman–Crippen MR) is 107 cm³/mol. The Balaban J connectivity index is 1.55. The minimum atomic E-state index is -0.904. The Morgan fingerprint density at radius 1 is 1.21 bits per heavy atom. The van der Waals surface area contributed by atoms with Crippen LogP contribution in [-0.4, -0.2) is 49.8 Å². The van der Waals surface area contributed by atoms with Gasteiger partial charge in [0.2, 0.25) is 0 Å². The van der Waals surface area contributed by atoms with Crippen LogP contribution in [0, 0.1) is 5.82 Å². The van der Waals surface area contributed by atoms with Gasteiger partial charge in [-0.05, 0) is 48.8 Å². The molecule has 0 radical (unpaired) electrons. The fourth-order valence-electron chi connectivity index (χ4n) is 3.02. The lowest BCUT2D eigenvalue weighted by atomic mass is 10.1. The van der Waals surface area contributed by atoms with Crippen molar-refractivity contribution in [2.45, 2.75) is 25.8 Å². The van der Waals surface area contributed by atoms with Crippen LogP contribution in [0.2, 0.25) is 0 Å². The van der Waals surface area contributed by atoms with Gasteiger partial charge in [0.15, 0.2) is 0 Å². The van der Waals surface area contributed by atoms with E-state index in [9.17, 15) is 14.3 Å². The lowest BCUT2D eigenvalue weighted by Gasteiger charge is -2.29. The van der Waals surface area contributed by atoms with E-state index >= 15 is 0 Å². The summed E-state index contributed by atoms with van der Waals surface area (Å²) in [4.78, 5) is 13.8. The molecule has 1 aliphatic rings. The van der Waals surface area contributed by atoms with Crippen molar-refractivity contribution in [1.82, 2.24) is 19.9 Å². The molecule has 2 heterocycles. The lowest BCUT2D eigenvalue weighted by molar-refractivity contribution is -0.132. The maximum atomic E-state index is 13.0. The summed E-state index contributed by atoms with van der Waals surface area (Å²) in [5, 5.41) is 18.1. The van der Waals surface area contributed by atoms with Gasteiger partial charge in [0.1, 0.15) is 5.82 Å². The molecule has 0 unspecified atom stereocenters. The highest BCUT2D eigenvalue weighted by atomic mass is 32.2. The third-order valence-corrected chi connectivity index (χ3v) is 5.65. The first-order valence-electron chi connectivity index (χ1n) is 9.24. The summed E-state index contributed by atoms with van der Waals surface area (Å²) in [5.41, 5.74) is 1.43. The average Bonchev–Trinajstić information content (AvgIpc) is 3.20. The molecule has 28 heavy (non-hydrogen) atoms. The highest BCUT2D eigenvalue weighted by Crippen LogP contribution is 2.29. The van der Waals surface area contributed by atoms with Crippen molar-refractivity contribution in [2.75, 3.05) is 18.8 Å². The first kappa shape index (κ1) is 20.1. The molecule has 0 atom stereocenters. The summed E-state index contributed by atoms with van der Waals surface area (Å²) >= 11 is 1.58. The zero-order chi connectivity index (χ0) is 19.8. The van der Waals surface area contributed by atoms with Gasteiger partial charge in [0.25, 0.3) is 0 Å². The molecule has 8 heteroatoms. The Bertz CT molecular complexity index is 834. The molecule has 0 aliphatic carbocycles. The number of hydrogen-bond acceptors (Lipinski definition) is 5. The Labute approximate surface area is 167 Å². The summed E-state index contributed by atoms with van der Waals surface area (Å²) in [7, 11) is 0. The van der Waals surface area contributed by atoms with E-state index in [2.05, 4.69) is 15.2 Å². The molecule has 0 fully saturated rings. The van der Waals surface area contributed by atoms with Crippen molar-refractivity contribution in [1.29, 1.82) is 0 Å². The third kappa shape index (κ3) is 5.69. The number of nitrogens with zero attached hydrogens (tertiary/aromatic N) is 4. The summed E-state index contributed by atoms with van der Waals surface area (Å²) in [5.74, 6) is -0.333. The van der Waals surface area contributed by atoms with Crippen LogP contribution < -0.4 is 0 Å². The Morgan fingerprint density at radius 2 is 2.04 bits per heavy atom. The first-order valence-corrected chi connectivity index (χ1v) is 10.2. The van der Waals surface area contributed by atoms with Crippen LogP contribution in [0.1, 0.15) is 18.4 Å². The second kappa shape index (κ2) is 10.1. The molecule has 0 bridgehead atoms. The number of thioether (sulfide) groups is 1. The highest BCUT2D eigenvalue weighted by molar-refractivity contribution is 8.03. The predicted octanol–water partition coefficient (Wildman–Crippen LogP) is 3.34. The number of carboxylic acids is 1. The zero-order valence-electron chi connectivity index (χ0n) is 15.5. The molecule has 1 aromatic carbocycles. The topological polar surface area (TPSA) is 71.2 Å². The van der Waals surface area contributed by atoms with Crippen molar-refractivity contribution >= 4 is 17.7 Å². The van der Waals surface area contributed by atoms with Gasteiger partial charge in [-0.1, -0.05) is 23.4 Å². The molecule has 148 valence electrons. The fourth-order valence-corrected chi connectivity index (χ4v) is 4.16. The number of aryl methyl sites for hydroxylation is 2. The number of rotatable bonds is 10. The van der Waals surface area contributed by atoms with Crippen LogP contribution in [0.4, 0.5) is 4.39 Å². The SMILES string of the molecule is O=C(O)C1=C(SCCCc2ccc(F)cc2)N(CCCn2ccnn2)CC=C1. The molecule has 0 spiro atoms. The van der Waals surface area contributed by atoms with Crippen LogP contribution >= 0.6 is 11.8 Å². The van der Waals surface area contributed by atoms with Gasteiger partial charge in [-0.2, -0.15) is 0 Å². The number of hydrogen-bond donors (Lipinski definition) is 1.